The highest BCUT2D eigenvalue weighted by molar-refractivity contribution is 5.81. The number of nitrogens with two attached hydrogens (primary N) is 2. The van der Waals surface area contributed by atoms with E-state index in [2.05, 4.69) is 55.2 Å². The van der Waals surface area contributed by atoms with E-state index in [1.54, 1.807) is 20.3 Å². The van der Waals surface area contributed by atoms with Crippen molar-refractivity contribution in [3.63, 3.8) is 0 Å². The van der Waals surface area contributed by atoms with Crippen molar-refractivity contribution in [2.75, 3.05) is 32.1 Å². The van der Waals surface area contributed by atoms with Gasteiger partial charge in [0.15, 0.2) is 17.0 Å². The molecule has 1 amide bonds. The van der Waals surface area contributed by atoms with Crippen LogP contribution in [0.15, 0.2) is 36.5 Å². The van der Waals surface area contributed by atoms with E-state index in [4.69, 9.17) is 11.5 Å². The van der Waals surface area contributed by atoms with Crippen LogP contribution in [-0.4, -0.2) is 56.8 Å². The number of hydrogen-bond donors (Lipinski definition) is 2. The van der Waals surface area contributed by atoms with Crippen LogP contribution in [0.1, 0.15) is 36.6 Å². The zero-order valence-electron chi connectivity index (χ0n) is 17.4. The maximum absolute atomic E-state index is 9.43. The molecule has 3 aromatic rings. The van der Waals surface area contributed by atoms with Gasteiger partial charge in [-0.1, -0.05) is 36.8 Å². The van der Waals surface area contributed by atoms with Crippen LogP contribution in [0, 0.1) is 0 Å². The second-order valence-corrected chi connectivity index (χ2v) is 7.46. The van der Waals surface area contributed by atoms with Gasteiger partial charge in [-0.15, -0.1) is 0 Å². The quantitative estimate of drug-likeness (QED) is 0.628. The highest BCUT2D eigenvalue weighted by Gasteiger charge is 2.24. The van der Waals surface area contributed by atoms with E-state index < -0.39 is 0 Å². The first kappa shape index (κ1) is 21.4. The average molecular weight is 409 g/mol. The Morgan fingerprint density at radius 1 is 1.13 bits per heavy atom. The van der Waals surface area contributed by atoms with Crippen molar-refractivity contribution >= 4 is 29.3 Å². The normalized spacial score (nSPS) is 16.5. The van der Waals surface area contributed by atoms with Crippen LogP contribution >= 0.6 is 0 Å². The fourth-order valence-electron chi connectivity index (χ4n) is 3.50. The third-order valence-electron chi connectivity index (χ3n) is 4.88. The molecule has 2 aromatic heterocycles. The molecule has 30 heavy (non-hydrogen) atoms. The lowest BCUT2D eigenvalue weighted by Gasteiger charge is -2.35. The van der Waals surface area contributed by atoms with Crippen LogP contribution in [0.5, 0.6) is 0 Å². The van der Waals surface area contributed by atoms with Gasteiger partial charge in [0.1, 0.15) is 0 Å². The smallest absolute Gasteiger partial charge is 0.224 e. The molecule has 1 aliphatic rings. The van der Waals surface area contributed by atoms with Crippen LogP contribution in [-0.2, 0) is 11.3 Å². The average Bonchev–Trinajstić information content (AvgIpc) is 2.75. The molecule has 9 nitrogen and oxygen atoms in total. The second-order valence-electron chi connectivity index (χ2n) is 7.46. The largest absolute Gasteiger partial charge is 0.382 e. The summed E-state index contributed by atoms with van der Waals surface area (Å²) in [4.78, 5) is 30.4. The fourth-order valence-corrected chi connectivity index (χ4v) is 3.50. The van der Waals surface area contributed by atoms with Gasteiger partial charge in [0, 0.05) is 26.7 Å². The van der Waals surface area contributed by atoms with Gasteiger partial charge in [-0.05, 0) is 24.9 Å². The summed E-state index contributed by atoms with van der Waals surface area (Å²) in [6.07, 6.45) is 6.11. The molecular weight excluding hydrogens is 380 g/mol. The Balaban J connectivity index is 0.000000461. The SMILES string of the molecule is CN(C)C=O.Nc1nc(N)c2nc(CN3CCCCC3c3ccccc3)cnc2n1. The molecule has 3 heterocycles. The molecule has 0 radical (unpaired) electrons. The van der Waals surface area contributed by atoms with E-state index in [-0.39, 0.29) is 11.8 Å². The summed E-state index contributed by atoms with van der Waals surface area (Å²) in [6, 6.07) is 11.1. The van der Waals surface area contributed by atoms with Crippen LogP contribution in [0.2, 0.25) is 0 Å². The maximum atomic E-state index is 9.43. The number of carbonyl (C=O) groups excluding carboxylic acids is 1. The molecule has 0 bridgehead atoms. The first-order valence-electron chi connectivity index (χ1n) is 9.93. The lowest BCUT2D eigenvalue weighted by Crippen LogP contribution is -2.33. The van der Waals surface area contributed by atoms with Gasteiger partial charge in [0.2, 0.25) is 12.4 Å². The molecule has 4 rings (SSSR count). The highest BCUT2D eigenvalue weighted by atomic mass is 16.1. The molecule has 4 N–H and O–H groups in total. The molecular formula is C21H28N8O. The number of amides is 1. The molecule has 0 aliphatic carbocycles. The van der Waals surface area contributed by atoms with E-state index in [0.29, 0.717) is 17.2 Å². The van der Waals surface area contributed by atoms with Crippen LogP contribution < -0.4 is 11.5 Å². The summed E-state index contributed by atoms with van der Waals surface area (Å²) < 4.78 is 0. The Kier molecular flexibility index (Phi) is 7.08. The zero-order chi connectivity index (χ0) is 21.5. The summed E-state index contributed by atoms with van der Waals surface area (Å²) >= 11 is 0. The second kappa shape index (κ2) is 9.93. The standard InChI is InChI=1S/C18H21N7.C3H7NO/c19-16-15-17(24-18(20)23-16)21-10-13(22-15)11-25-9-5-4-8-14(25)12-6-2-1-3-7-12;1-4(2)3-5/h1-3,6-7,10,14H,4-5,8-9,11H2,(H4,19,20,21,23,24);3H,1-2H3. The summed E-state index contributed by atoms with van der Waals surface area (Å²) in [5.74, 6) is 0.391. The molecule has 0 saturated carbocycles. The summed E-state index contributed by atoms with van der Waals surface area (Å²) in [7, 11) is 3.38. The number of nitrogen functional groups attached to an aromatic ring is 2. The molecule has 1 atom stereocenters. The van der Waals surface area contributed by atoms with E-state index >= 15 is 0 Å². The third-order valence-corrected chi connectivity index (χ3v) is 4.88. The van der Waals surface area contributed by atoms with Gasteiger partial charge >= 0.3 is 0 Å². The number of anilines is 2. The lowest BCUT2D eigenvalue weighted by molar-refractivity contribution is -0.115. The summed E-state index contributed by atoms with van der Waals surface area (Å²) in [5, 5.41) is 0. The van der Waals surface area contributed by atoms with Crippen molar-refractivity contribution in [1.29, 1.82) is 0 Å². The third kappa shape index (κ3) is 5.38. The topological polar surface area (TPSA) is 127 Å². The first-order chi connectivity index (χ1) is 14.5. The van der Waals surface area contributed by atoms with Gasteiger partial charge in [-0.2, -0.15) is 9.97 Å². The zero-order valence-corrected chi connectivity index (χ0v) is 17.4. The molecule has 158 valence electrons. The first-order valence-corrected chi connectivity index (χ1v) is 9.93. The lowest BCUT2D eigenvalue weighted by atomic mass is 9.95. The van der Waals surface area contributed by atoms with Crippen molar-refractivity contribution in [1.82, 2.24) is 29.7 Å². The predicted molar refractivity (Wildman–Crippen MR) is 117 cm³/mol. The molecule has 1 unspecified atom stereocenters. The number of carbonyl (C=O) groups is 1. The molecule has 9 heteroatoms. The van der Waals surface area contributed by atoms with Crippen molar-refractivity contribution in [2.24, 2.45) is 0 Å². The number of likely N-dealkylation sites (tertiary alicyclic amines) is 1. The van der Waals surface area contributed by atoms with Gasteiger partial charge in [-0.25, -0.2) is 9.97 Å². The van der Waals surface area contributed by atoms with E-state index in [1.807, 2.05) is 0 Å². The van der Waals surface area contributed by atoms with Crippen molar-refractivity contribution < 1.29 is 4.79 Å². The number of rotatable bonds is 4. The number of hydrogen-bond acceptors (Lipinski definition) is 8. The van der Waals surface area contributed by atoms with Crippen molar-refractivity contribution in [3.8, 4) is 0 Å². The molecule has 1 fully saturated rings. The molecule has 0 spiro atoms. The number of piperidine rings is 1. The number of nitrogens with zero attached hydrogens (tertiary/aromatic N) is 6. The van der Waals surface area contributed by atoms with Crippen LogP contribution in [0.4, 0.5) is 11.8 Å². The predicted octanol–water partition coefficient (Wildman–Crippen LogP) is 2.02. The number of benzene rings is 1. The Morgan fingerprint density at radius 3 is 2.57 bits per heavy atom. The van der Waals surface area contributed by atoms with E-state index in [1.165, 1.54) is 23.3 Å². The fraction of sp³-hybridized carbons (Fsp3) is 0.381. The minimum absolute atomic E-state index is 0.118. The van der Waals surface area contributed by atoms with Crippen LogP contribution in [0.25, 0.3) is 11.2 Å². The summed E-state index contributed by atoms with van der Waals surface area (Å²) in [6.45, 7) is 1.78. The minimum atomic E-state index is 0.118. The molecule has 1 aliphatic heterocycles. The van der Waals surface area contributed by atoms with Gasteiger partial charge < -0.3 is 16.4 Å². The molecule has 1 saturated heterocycles. The minimum Gasteiger partial charge on any atom is -0.382 e. The summed E-state index contributed by atoms with van der Waals surface area (Å²) in [5.41, 5.74) is 14.7. The number of fused-ring (bicyclic) bond motifs is 1. The molecule has 1 aromatic carbocycles. The Morgan fingerprint density at radius 2 is 1.87 bits per heavy atom. The van der Waals surface area contributed by atoms with Gasteiger partial charge in [0.05, 0.1) is 11.9 Å². The van der Waals surface area contributed by atoms with E-state index in [9.17, 15) is 4.79 Å². The van der Waals surface area contributed by atoms with Crippen molar-refractivity contribution in [3.05, 3.63) is 47.8 Å². The highest BCUT2D eigenvalue weighted by Crippen LogP contribution is 2.31. The Hall–Kier alpha value is -3.33. The van der Waals surface area contributed by atoms with Crippen LogP contribution in [0.3, 0.4) is 0 Å². The van der Waals surface area contributed by atoms with Crippen molar-refractivity contribution in [2.45, 2.75) is 31.8 Å². The van der Waals surface area contributed by atoms with Gasteiger partial charge in [0.25, 0.3) is 0 Å². The monoisotopic (exact) mass is 408 g/mol. The Bertz CT molecular complexity index is 979. The van der Waals surface area contributed by atoms with Gasteiger partial charge in [-0.3, -0.25) is 9.69 Å². The Labute approximate surface area is 176 Å². The van der Waals surface area contributed by atoms with E-state index in [0.717, 1.165) is 31.6 Å². The maximum Gasteiger partial charge on any atom is 0.224 e. The number of aromatic nitrogens is 4.